The second-order valence-electron chi connectivity index (χ2n) is 7.28. The standard InChI is InChI=1S/C26H28N2O3/c1-2-3-7-18-31-24-16-12-22(13-17-24)26(30)28-23-14-10-21(11-15-23)25(29)27-19-20-8-5-4-6-9-20/h4-6,8-17H,2-3,7,18-19H2,1H3,(H,27,29)(H,28,30). The van der Waals surface area contributed by atoms with Gasteiger partial charge < -0.3 is 15.4 Å². The first-order chi connectivity index (χ1) is 15.2. The fraction of sp³-hybridized carbons (Fsp3) is 0.231. The van der Waals surface area contributed by atoms with Crippen LogP contribution < -0.4 is 15.4 Å². The minimum atomic E-state index is -0.209. The Labute approximate surface area is 183 Å². The maximum Gasteiger partial charge on any atom is 0.255 e. The summed E-state index contributed by atoms with van der Waals surface area (Å²) in [5, 5.41) is 5.74. The second kappa shape index (κ2) is 11.6. The highest BCUT2D eigenvalue weighted by Gasteiger charge is 2.09. The highest BCUT2D eigenvalue weighted by molar-refractivity contribution is 6.04. The van der Waals surface area contributed by atoms with E-state index in [1.807, 2.05) is 30.3 Å². The van der Waals surface area contributed by atoms with Crippen LogP contribution in [0.2, 0.25) is 0 Å². The molecule has 3 rings (SSSR count). The minimum Gasteiger partial charge on any atom is -0.494 e. The smallest absolute Gasteiger partial charge is 0.255 e. The predicted octanol–water partition coefficient (Wildman–Crippen LogP) is 5.44. The average molecular weight is 417 g/mol. The molecule has 0 radical (unpaired) electrons. The Balaban J connectivity index is 1.49. The van der Waals surface area contributed by atoms with Crippen LogP contribution in [0.4, 0.5) is 5.69 Å². The number of anilines is 1. The molecule has 3 aromatic carbocycles. The maximum atomic E-state index is 12.5. The molecule has 5 heteroatoms. The van der Waals surface area contributed by atoms with Crippen LogP contribution in [0.1, 0.15) is 52.5 Å². The van der Waals surface area contributed by atoms with Crippen molar-refractivity contribution < 1.29 is 14.3 Å². The van der Waals surface area contributed by atoms with Crippen LogP contribution in [0.3, 0.4) is 0 Å². The average Bonchev–Trinajstić information content (AvgIpc) is 2.82. The zero-order valence-electron chi connectivity index (χ0n) is 17.8. The normalized spacial score (nSPS) is 10.4. The van der Waals surface area contributed by atoms with Gasteiger partial charge in [0.2, 0.25) is 0 Å². The van der Waals surface area contributed by atoms with Crippen molar-refractivity contribution in [2.24, 2.45) is 0 Å². The Morgan fingerprint density at radius 3 is 2.10 bits per heavy atom. The van der Waals surface area contributed by atoms with Gasteiger partial charge in [-0.05, 0) is 60.5 Å². The van der Waals surface area contributed by atoms with Crippen molar-refractivity contribution in [2.45, 2.75) is 32.7 Å². The molecule has 0 atom stereocenters. The van der Waals surface area contributed by atoms with Gasteiger partial charge in [-0.3, -0.25) is 9.59 Å². The number of hydrogen-bond acceptors (Lipinski definition) is 3. The molecule has 2 amide bonds. The van der Waals surface area contributed by atoms with Gasteiger partial charge in [-0.1, -0.05) is 50.1 Å². The zero-order valence-corrected chi connectivity index (χ0v) is 17.8. The first-order valence-corrected chi connectivity index (χ1v) is 10.6. The lowest BCUT2D eigenvalue weighted by Gasteiger charge is -2.09. The van der Waals surface area contributed by atoms with Gasteiger partial charge in [0.15, 0.2) is 0 Å². The highest BCUT2D eigenvalue weighted by atomic mass is 16.5. The third-order valence-electron chi connectivity index (χ3n) is 4.83. The SMILES string of the molecule is CCCCCOc1ccc(C(=O)Nc2ccc(C(=O)NCc3ccccc3)cc2)cc1. The molecule has 0 saturated carbocycles. The Hall–Kier alpha value is -3.60. The van der Waals surface area contributed by atoms with Crippen molar-refractivity contribution in [2.75, 3.05) is 11.9 Å². The molecule has 3 aromatic rings. The van der Waals surface area contributed by atoms with E-state index in [2.05, 4.69) is 17.6 Å². The first kappa shape index (κ1) is 22.1. The largest absolute Gasteiger partial charge is 0.494 e. The van der Waals surface area contributed by atoms with Crippen LogP contribution in [0, 0.1) is 0 Å². The summed E-state index contributed by atoms with van der Waals surface area (Å²) in [5.41, 5.74) is 2.76. The van der Waals surface area contributed by atoms with Crippen molar-refractivity contribution in [3.63, 3.8) is 0 Å². The number of rotatable bonds is 10. The monoisotopic (exact) mass is 416 g/mol. The van der Waals surface area contributed by atoms with Crippen LogP contribution >= 0.6 is 0 Å². The number of carbonyl (C=O) groups excluding carboxylic acids is 2. The third-order valence-corrected chi connectivity index (χ3v) is 4.83. The highest BCUT2D eigenvalue weighted by Crippen LogP contribution is 2.16. The number of unbranched alkanes of at least 4 members (excludes halogenated alkanes) is 2. The van der Waals surface area contributed by atoms with Crippen molar-refractivity contribution in [3.05, 3.63) is 95.6 Å². The van der Waals surface area contributed by atoms with Crippen LogP contribution in [-0.4, -0.2) is 18.4 Å². The Bertz CT molecular complexity index is 968. The Morgan fingerprint density at radius 1 is 0.774 bits per heavy atom. The molecule has 31 heavy (non-hydrogen) atoms. The molecule has 5 nitrogen and oxygen atoms in total. The van der Waals surface area contributed by atoms with E-state index >= 15 is 0 Å². The first-order valence-electron chi connectivity index (χ1n) is 10.6. The van der Waals surface area contributed by atoms with Crippen molar-refractivity contribution in [3.8, 4) is 5.75 Å². The molecule has 0 aliphatic carbocycles. The summed E-state index contributed by atoms with van der Waals surface area (Å²) in [6.07, 6.45) is 3.33. The van der Waals surface area contributed by atoms with E-state index < -0.39 is 0 Å². The van der Waals surface area contributed by atoms with Gasteiger partial charge in [0.25, 0.3) is 11.8 Å². The maximum absolute atomic E-state index is 12.5. The lowest BCUT2D eigenvalue weighted by molar-refractivity contribution is 0.0950. The van der Waals surface area contributed by atoms with Gasteiger partial charge in [0.05, 0.1) is 6.61 Å². The topological polar surface area (TPSA) is 67.4 Å². The molecule has 0 fully saturated rings. The summed E-state index contributed by atoms with van der Waals surface area (Å²) in [4.78, 5) is 24.8. The quantitative estimate of drug-likeness (QED) is 0.433. The zero-order chi connectivity index (χ0) is 21.9. The Morgan fingerprint density at radius 2 is 1.42 bits per heavy atom. The van der Waals surface area contributed by atoms with E-state index in [-0.39, 0.29) is 11.8 Å². The lowest BCUT2D eigenvalue weighted by atomic mass is 10.1. The number of benzene rings is 3. The van der Waals surface area contributed by atoms with Crippen LogP contribution in [0.5, 0.6) is 5.75 Å². The molecule has 0 aromatic heterocycles. The summed E-state index contributed by atoms with van der Waals surface area (Å²) in [5.74, 6) is 0.397. The summed E-state index contributed by atoms with van der Waals surface area (Å²) in [7, 11) is 0. The summed E-state index contributed by atoms with van der Waals surface area (Å²) < 4.78 is 5.68. The molecule has 0 spiro atoms. The van der Waals surface area contributed by atoms with Crippen LogP contribution in [0.15, 0.2) is 78.9 Å². The predicted molar refractivity (Wildman–Crippen MR) is 123 cm³/mol. The number of carbonyl (C=O) groups is 2. The lowest BCUT2D eigenvalue weighted by Crippen LogP contribution is -2.22. The summed E-state index contributed by atoms with van der Waals surface area (Å²) in [6, 6.07) is 23.7. The number of amides is 2. The molecule has 0 aliphatic heterocycles. The number of nitrogens with one attached hydrogen (secondary N) is 2. The van der Waals surface area contributed by atoms with Gasteiger partial charge in [0, 0.05) is 23.4 Å². The van der Waals surface area contributed by atoms with Crippen molar-refractivity contribution in [1.29, 1.82) is 0 Å². The molecular formula is C26H28N2O3. The fourth-order valence-electron chi connectivity index (χ4n) is 3.03. The van der Waals surface area contributed by atoms with E-state index in [1.165, 1.54) is 0 Å². The van der Waals surface area contributed by atoms with E-state index in [0.29, 0.717) is 30.0 Å². The van der Waals surface area contributed by atoms with Crippen LogP contribution in [-0.2, 0) is 6.54 Å². The minimum absolute atomic E-state index is 0.156. The summed E-state index contributed by atoms with van der Waals surface area (Å²) in [6.45, 7) is 3.31. The number of ether oxygens (including phenoxy) is 1. The van der Waals surface area contributed by atoms with Gasteiger partial charge in [-0.15, -0.1) is 0 Å². The van der Waals surface area contributed by atoms with Gasteiger partial charge in [-0.2, -0.15) is 0 Å². The molecule has 2 N–H and O–H groups in total. The van der Waals surface area contributed by atoms with Gasteiger partial charge in [0.1, 0.15) is 5.75 Å². The second-order valence-corrected chi connectivity index (χ2v) is 7.28. The Kier molecular flexibility index (Phi) is 8.23. The molecule has 0 saturated heterocycles. The van der Waals surface area contributed by atoms with Crippen molar-refractivity contribution >= 4 is 17.5 Å². The summed E-state index contributed by atoms with van der Waals surface area (Å²) >= 11 is 0. The van der Waals surface area contributed by atoms with E-state index in [9.17, 15) is 9.59 Å². The van der Waals surface area contributed by atoms with E-state index in [0.717, 1.165) is 30.6 Å². The van der Waals surface area contributed by atoms with Gasteiger partial charge in [-0.25, -0.2) is 0 Å². The fourth-order valence-corrected chi connectivity index (χ4v) is 3.03. The third kappa shape index (κ3) is 7.00. The van der Waals surface area contributed by atoms with Gasteiger partial charge >= 0.3 is 0 Å². The number of hydrogen-bond donors (Lipinski definition) is 2. The molecule has 160 valence electrons. The van der Waals surface area contributed by atoms with Crippen LogP contribution in [0.25, 0.3) is 0 Å². The molecule has 0 heterocycles. The van der Waals surface area contributed by atoms with E-state index in [4.69, 9.17) is 4.74 Å². The molecular weight excluding hydrogens is 388 g/mol. The molecule has 0 bridgehead atoms. The molecule has 0 unspecified atom stereocenters. The van der Waals surface area contributed by atoms with E-state index in [1.54, 1.807) is 48.5 Å². The molecule has 0 aliphatic rings. The van der Waals surface area contributed by atoms with Crippen molar-refractivity contribution in [1.82, 2.24) is 5.32 Å².